The van der Waals surface area contributed by atoms with E-state index < -0.39 is 0 Å². The molecule has 1 unspecified atom stereocenters. The Kier molecular flexibility index (Phi) is 4.78. The summed E-state index contributed by atoms with van der Waals surface area (Å²) < 4.78 is 19.0. The highest BCUT2D eigenvalue weighted by Gasteiger charge is 2.20. The molecule has 0 amide bonds. The predicted molar refractivity (Wildman–Crippen MR) is 82.3 cm³/mol. The number of methoxy groups -OCH3 is 1. The normalized spacial score (nSPS) is 12.4. The van der Waals surface area contributed by atoms with E-state index in [0.717, 1.165) is 12.1 Å². The maximum absolute atomic E-state index is 13.6. The zero-order valence-electron chi connectivity index (χ0n) is 12.3. The average Bonchev–Trinajstić information content (AvgIpc) is 2.75. The Morgan fingerprint density at radius 1 is 1.30 bits per heavy atom. The van der Waals surface area contributed by atoms with Gasteiger partial charge < -0.3 is 10.1 Å². The molecule has 108 valence electrons. The highest BCUT2D eigenvalue weighted by molar-refractivity contribution is 7.12. The molecule has 0 aliphatic carbocycles. The number of thiophene rings is 1. The molecule has 0 saturated heterocycles. The number of hydrogen-bond acceptors (Lipinski definition) is 3. The number of halogens is 1. The Morgan fingerprint density at radius 2 is 2.05 bits per heavy atom. The molecule has 0 spiro atoms. The van der Waals surface area contributed by atoms with Gasteiger partial charge in [0.15, 0.2) is 0 Å². The van der Waals surface area contributed by atoms with Crippen LogP contribution in [0.2, 0.25) is 0 Å². The van der Waals surface area contributed by atoms with E-state index in [1.807, 2.05) is 6.92 Å². The van der Waals surface area contributed by atoms with Gasteiger partial charge in [-0.15, -0.1) is 11.3 Å². The van der Waals surface area contributed by atoms with Crippen molar-refractivity contribution in [2.75, 3.05) is 13.7 Å². The molecule has 1 aromatic heterocycles. The molecule has 0 aliphatic heterocycles. The molecule has 2 rings (SSSR count). The summed E-state index contributed by atoms with van der Waals surface area (Å²) in [6.07, 6.45) is 0. The molecule has 2 nitrogen and oxygen atoms in total. The number of aryl methyl sites for hydroxylation is 2. The van der Waals surface area contributed by atoms with Crippen molar-refractivity contribution in [3.05, 3.63) is 51.0 Å². The maximum Gasteiger partial charge on any atom is 0.124 e. The van der Waals surface area contributed by atoms with Crippen LogP contribution in [0.1, 0.15) is 33.8 Å². The lowest BCUT2D eigenvalue weighted by Gasteiger charge is -2.19. The van der Waals surface area contributed by atoms with Crippen LogP contribution in [0.3, 0.4) is 0 Å². The van der Waals surface area contributed by atoms with Crippen LogP contribution < -0.4 is 10.1 Å². The maximum atomic E-state index is 13.6. The van der Waals surface area contributed by atoms with Gasteiger partial charge in [-0.3, -0.25) is 0 Å². The van der Waals surface area contributed by atoms with Gasteiger partial charge in [0.05, 0.1) is 13.2 Å². The van der Waals surface area contributed by atoms with Crippen LogP contribution in [0.25, 0.3) is 0 Å². The highest BCUT2D eigenvalue weighted by atomic mass is 32.1. The topological polar surface area (TPSA) is 21.3 Å². The fourth-order valence-corrected chi connectivity index (χ4v) is 3.38. The Hall–Kier alpha value is -1.39. The lowest BCUT2D eigenvalue weighted by molar-refractivity contribution is 0.403. The van der Waals surface area contributed by atoms with Crippen molar-refractivity contribution in [2.45, 2.75) is 26.8 Å². The van der Waals surface area contributed by atoms with Crippen molar-refractivity contribution >= 4 is 11.3 Å². The second-order valence-corrected chi connectivity index (χ2v) is 6.05. The lowest BCUT2D eigenvalue weighted by atomic mass is 10.0. The lowest BCUT2D eigenvalue weighted by Crippen LogP contribution is -2.21. The van der Waals surface area contributed by atoms with Gasteiger partial charge in [-0.2, -0.15) is 0 Å². The minimum atomic E-state index is -0.242. The second-order valence-electron chi connectivity index (χ2n) is 4.76. The first-order valence-electron chi connectivity index (χ1n) is 6.70. The standard InChI is InChI=1S/C16H20FNOS/c1-5-18-16(15-8-10(2)11(3)20-15)13-9-12(17)6-7-14(13)19-4/h6-9,16,18H,5H2,1-4H3. The number of benzene rings is 1. The molecular weight excluding hydrogens is 273 g/mol. The molecule has 1 heterocycles. The summed E-state index contributed by atoms with van der Waals surface area (Å²) >= 11 is 1.74. The number of nitrogens with one attached hydrogen (secondary N) is 1. The zero-order chi connectivity index (χ0) is 14.7. The van der Waals surface area contributed by atoms with Crippen LogP contribution in [0.15, 0.2) is 24.3 Å². The molecule has 0 fully saturated rings. The van der Waals surface area contributed by atoms with Crippen molar-refractivity contribution < 1.29 is 9.13 Å². The SMILES string of the molecule is CCNC(c1cc(C)c(C)s1)c1cc(F)ccc1OC. The number of hydrogen-bond donors (Lipinski definition) is 1. The summed E-state index contributed by atoms with van der Waals surface area (Å²) in [5.74, 6) is 0.467. The predicted octanol–water partition coefficient (Wildman–Crippen LogP) is 4.21. The van der Waals surface area contributed by atoms with E-state index in [-0.39, 0.29) is 11.9 Å². The summed E-state index contributed by atoms with van der Waals surface area (Å²) in [5, 5.41) is 3.42. The van der Waals surface area contributed by atoms with Crippen LogP contribution in [0.4, 0.5) is 4.39 Å². The van der Waals surface area contributed by atoms with E-state index in [9.17, 15) is 4.39 Å². The van der Waals surface area contributed by atoms with Crippen molar-refractivity contribution in [3.63, 3.8) is 0 Å². The van der Waals surface area contributed by atoms with Gasteiger partial charge in [-0.05, 0) is 50.2 Å². The van der Waals surface area contributed by atoms with Crippen molar-refractivity contribution in [2.24, 2.45) is 0 Å². The first kappa shape index (κ1) is 15.0. The van der Waals surface area contributed by atoms with Gasteiger partial charge in [0.25, 0.3) is 0 Å². The third-order valence-electron chi connectivity index (χ3n) is 3.38. The third kappa shape index (κ3) is 3.02. The van der Waals surface area contributed by atoms with Crippen LogP contribution in [0.5, 0.6) is 5.75 Å². The van der Waals surface area contributed by atoms with Crippen LogP contribution >= 0.6 is 11.3 Å². The van der Waals surface area contributed by atoms with Gasteiger partial charge in [-0.1, -0.05) is 6.92 Å². The van der Waals surface area contributed by atoms with Crippen molar-refractivity contribution in [3.8, 4) is 5.75 Å². The van der Waals surface area contributed by atoms with Crippen molar-refractivity contribution in [1.82, 2.24) is 5.32 Å². The van der Waals surface area contributed by atoms with Gasteiger partial charge >= 0.3 is 0 Å². The zero-order valence-corrected chi connectivity index (χ0v) is 13.1. The van der Waals surface area contributed by atoms with E-state index in [2.05, 4.69) is 25.2 Å². The second kappa shape index (κ2) is 6.37. The molecule has 1 atom stereocenters. The van der Waals surface area contributed by atoms with E-state index in [0.29, 0.717) is 5.75 Å². The number of rotatable bonds is 5. The molecule has 1 N–H and O–H groups in total. The first-order chi connectivity index (χ1) is 9.56. The molecule has 0 saturated carbocycles. The summed E-state index contributed by atoms with van der Waals surface area (Å²) in [6, 6.07) is 6.79. The molecule has 2 aromatic rings. The van der Waals surface area contributed by atoms with Crippen LogP contribution in [-0.4, -0.2) is 13.7 Å². The smallest absolute Gasteiger partial charge is 0.124 e. The van der Waals surface area contributed by atoms with Gasteiger partial charge in [0, 0.05) is 15.3 Å². The fourth-order valence-electron chi connectivity index (χ4n) is 2.24. The molecule has 1 aromatic carbocycles. The Balaban J connectivity index is 2.50. The number of ether oxygens (including phenoxy) is 1. The van der Waals surface area contributed by atoms with Gasteiger partial charge in [0.2, 0.25) is 0 Å². The fraction of sp³-hybridized carbons (Fsp3) is 0.375. The van der Waals surface area contributed by atoms with Crippen LogP contribution in [0, 0.1) is 19.7 Å². The molecular formula is C16H20FNOS. The Bertz CT molecular complexity index is 575. The van der Waals surface area contributed by atoms with E-state index in [4.69, 9.17) is 4.74 Å². The Morgan fingerprint density at radius 3 is 2.60 bits per heavy atom. The molecule has 0 radical (unpaired) electrons. The largest absolute Gasteiger partial charge is 0.496 e. The highest BCUT2D eigenvalue weighted by Crippen LogP contribution is 2.35. The first-order valence-corrected chi connectivity index (χ1v) is 7.52. The minimum absolute atomic E-state index is 0.0388. The quantitative estimate of drug-likeness (QED) is 0.891. The van der Waals surface area contributed by atoms with E-state index in [1.165, 1.54) is 21.4 Å². The summed E-state index contributed by atoms with van der Waals surface area (Å²) in [6.45, 7) is 7.06. The van der Waals surface area contributed by atoms with E-state index >= 15 is 0 Å². The monoisotopic (exact) mass is 293 g/mol. The van der Waals surface area contributed by atoms with Crippen LogP contribution in [-0.2, 0) is 0 Å². The Labute approximate surface area is 123 Å². The average molecular weight is 293 g/mol. The summed E-state index contributed by atoms with van der Waals surface area (Å²) in [5.41, 5.74) is 2.11. The molecule has 20 heavy (non-hydrogen) atoms. The van der Waals surface area contributed by atoms with Gasteiger partial charge in [-0.25, -0.2) is 4.39 Å². The van der Waals surface area contributed by atoms with Crippen molar-refractivity contribution in [1.29, 1.82) is 0 Å². The van der Waals surface area contributed by atoms with E-state index in [1.54, 1.807) is 30.6 Å². The van der Waals surface area contributed by atoms with Gasteiger partial charge in [0.1, 0.15) is 11.6 Å². The molecule has 0 bridgehead atoms. The molecule has 0 aliphatic rings. The summed E-state index contributed by atoms with van der Waals surface area (Å²) in [4.78, 5) is 2.48. The minimum Gasteiger partial charge on any atom is -0.496 e. The third-order valence-corrected chi connectivity index (χ3v) is 4.60. The molecule has 4 heteroatoms. The summed E-state index contributed by atoms with van der Waals surface area (Å²) in [7, 11) is 1.62.